The van der Waals surface area contributed by atoms with Crippen LogP contribution in [0.1, 0.15) is 368 Å². The lowest BCUT2D eigenvalue weighted by molar-refractivity contribution is -0.161. The Hall–Kier alpha value is -1.94. The largest absolute Gasteiger partial charge is 0.472 e. The van der Waals surface area contributed by atoms with Crippen molar-refractivity contribution in [3.8, 4) is 0 Å². The van der Waals surface area contributed by atoms with E-state index >= 15 is 0 Å². The topological polar surface area (TPSA) is 237 Å². The van der Waals surface area contributed by atoms with Crippen LogP contribution in [0.5, 0.6) is 0 Å². The minimum Gasteiger partial charge on any atom is -0.462 e. The van der Waals surface area contributed by atoms with E-state index in [0.717, 1.165) is 103 Å². The Kier molecular flexibility index (Phi) is 63.3. The number of phosphoric ester groups is 2. The lowest BCUT2D eigenvalue weighted by Gasteiger charge is -2.21. The second-order valence-electron chi connectivity index (χ2n) is 25.3. The molecule has 0 aliphatic carbocycles. The molecule has 528 valence electrons. The maximum absolute atomic E-state index is 13.0. The Bertz CT molecular complexity index is 1710. The standard InChI is InChI=1S/C70H136O17P2/c1-5-9-13-17-21-25-27-29-30-31-32-33-34-35-36-37-39-41-45-49-53-57-70(75)87-66(61-81-68(73)55-51-47-44-40-38-28-26-22-18-14-10-6-2)63-85-89(78,79)83-59-64(71)58-82-88(76,77)84-62-65(86-69(74)56-52-48-43-24-20-16-12-8-4)60-80-67(72)54-50-46-42-23-19-15-11-7-3/h64-66,71H,5-63H2,1-4H3,(H,76,77)(H,78,79)/t64-,65+,66+/m0/s1. The van der Waals surface area contributed by atoms with Crippen LogP contribution in [0.4, 0.5) is 0 Å². The lowest BCUT2D eigenvalue weighted by atomic mass is 10.0. The van der Waals surface area contributed by atoms with Crippen molar-refractivity contribution >= 4 is 39.5 Å². The van der Waals surface area contributed by atoms with E-state index in [0.29, 0.717) is 25.7 Å². The summed E-state index contributed by atoms with van der Waals surface area (Å²) >= 11 is 0. The third kappa shape index (κ3) is 64.6. The fourth-order valence-electron chi connectivity index (χ4n) is 10.7. The number of carbonyl (C=O) groups is 4. The van der Waals surface area contributed by atoms with Gasteiger partial charge in [-0.2, -0.15) is 0 Å². The molecule has 0 spiro atoms. The van der Waals surface area contributed by atoms with Crippen molar-refractivity contribution in [3.05, 3.63) is 0 Å². The molecule has 17 nitrogen and oxygen atoms in total. The van der Waals surface area contributed by atoms with E-state index in [1.54, 1.807) is 0 Å². The normalized spacial score (nSPS) is 14.0. The number of phosphoric acid groups is 2. The minimum atomic E-state index is -4.95. The highest BCUT2D eigenvalue weighted by Crippen LogP contribution is 2.45. The van der Waals surface area contributed by atoms with Gasteiger partial charge in [0.2, 0.25) is 0 Å². The minimum absolute atomic E-state index is 0.105. The van der Waals surface area contributed by atoms with Gasteiger partial charge in [-0.15, -0.1) is 0 Å². The predicted octanol–water partition coefficient (Wildman–Crippen LogP) is 20.3. The summed E-state index contributed by atoms with van der Waals surface area (Å²) in [5, 5.41) is 10.6. The van der Waals surface area contributed by atoms with Gasteiger partial charge >= 0.3 is 39.5 Å². The van der Waals surface area contributed by atoms with Gasteiger partial charge in [-0.1, -0.05) is 317 Å². The fourth-order valence-corrected chi connectivity index (χ4v) is 12.3. The van der Waals surface area contributed by atoms with E-state index in [4.69, 9.17) is 37.0 Å². The first-order valence-electron chi connectivity index (χ1n) is 36.8. The van der Waals surface area contributed by atoms with Crippen molar-refractivity contribution in [3.63, 3.8) is 0 Å². The summed E-state index contributed by atoms with van der Waals surface area (Å²) in [6, 6.07) is 0. The van der Waals surface area contributed by atoms with Gasteiger partial charge in [-0.25, -0.2) is 9.13 Å². The van der Waals surface area contributed by atoms with E-state index in [-0.39, 0.29) is 25.7 Å². The van der Waals surface area contributed by atoms with Crippen molar-refractivity contribution in [2.45, 2.75) is 386 Å². The number of ether oxygens (including phenoxy) is 4. The number of esters is 4. The molecule has 2 unspecified atom stereocenters. The first-order valence-corrected chi connectivity index (χ1v) is 39.8. The Morgan fingerprint density at radius 2 is 0.449 bits per heavy atom. The molecule has 0 saturated carbocycles. The number of hydrogen-bond acceptors (Lipinski definition) is 15. The van der Waals surface area contributed by atoms with Crippen LogP contribution in [0.15, 0.2) is 0 Å². The zero-order valence-corrected chi connectivity index (χ0v) is 59.2. The van der Waals surface area contributed by atoms with E-state index in [1.807, 2.05) is 0 Å². The fraction of sp³-hybridized carbons (Fsp3) is 0.943. The molecule has 0 radical (unpaired) electrons. The molecule has 0 rings (SSSR count). The maximum Gasteiger partial charge on any atom is 0.472 e. The number of unbranched alkanes of at least 4 members (excludes halogenated alkanes) is 45. The Labute approximate surface area is 543 Å². The average Bonchev–Trinajstić information content (AvgIpc) is 3.72. The maximum atomic E-state index is 13.0. The molecule has 0 fully saturated rings. The molecular formula is C70H136O17P2. The number of aliphatic hydroxyl groups excluding tert-OH is 1. The van der Waals surface area contributed by atoms with Crippen LogP contribution in [0.3, 0.4) is 0 Å². The van der Waals surface area contributed by atoms with Crippen molar-refractivity contribution in [1.29, 1.82) is 0 Å². The van der Waals surface area contributed by atoms with Gasteiger partial charge in [-0.05, 0) is 25.7 Å². The smallest absolute Gasteiger partial charge is 0.462 e. The quantitative estimate of drug-likeness (QED) is 0.0222. The monoisotopic (exact) mass is 1310 g/mol. The van der Waals surface area contributed by atoms with Gasteiger partial charge in [0.25, 0.3) is 0 Å². The molecule has 5 atom stereocenters. The van der Waals surface area contributed by atoms with E-state index in [1.165, 1.54) is 186 Å². The molecule has 0 saturated heterocycles. The second kappa shape index (κ2) is 64.8. The van der Waals surface area contributed by atoms with Crippen molar-refractivity contribution < 1.29 is 80.2 Å². The third-order valence-electron chi connectivity index (χ3n) is 16.4. The zero-order valence-electron chi connectivity index (χ0n) is 57.4. The molecule has 0 aromatic heterocycles. The van der Waals surface area contributed by atoms with Crippen LogP contribution in [0, 0.1) is 0 Å². The van der Waals surface area contributed by atoms with Crippen molar-refractivity contribution in [2.75, 3.05) is 39.6 Å². The highest BCUT2D eigenvalue weighted by Gasteiger charge is 2.30. The number of carbonyl (C=O) groups excluding carboxylic acids is 4. The molecule has 19 heteroatoms. The van der Waals surface area contributed by atoms with Gasteiger partial charge < -0.3 is 33.8 Å². The summed E-state index contributed by atoms with van der Waals surface area (Å²) in [4.78, 5) is 72.3. The van der Waals surface area contributed by atoms with E-state index in [9.17, 15) is 43.2 Å². The van der Waals surface area contributed by atoms with Crippen LogP contribution in [0.25, 0.3) is 0 Å². The van der Waals surface area contributed by atoms with Gasteiger partial charge in [0.15, 0.2) is 12.2 Å². The summed E-state index contributed by atoms with van der Waals surface area (Å²) in [6.45, 7) is 4.88. The summed E-state index contributed by atoms with van der Waals surface area (Å²) < 4.78 is 68.1. The molecule has 0 aliphatic rings. The van der Waals surface area contributed by atoms with Crippen molar-refractivity contribution in [1.82, 2.24) is 0 Å². The summed E-state index contributed by atoms with van der Waals surface area (Å²) in [5.74, 6) is -2.13. The van der Waals surface area contributed by atoms with Gasteiger partial charge in [0, 0.05) is 25.7 Å². The molecule has 3 N–H and O–H groups in total. The van der Waals surface area contributed by atoms with Gasteiger partial charge in [-0.3, -0.25) is 37.3 Å². The van der Waals surface area contributed by atoms with E-state index < -0.39 is 97.5 Å². The highest BCUT2D eigenvalue weighted by atomic mass is 31.2. The summed E-state index contributed by atoms with van der Waals surface area (Å²) in [5.41, 5.74) is 0. The Balaban J connectivity index is 5.12. The van der Waals surface area contributed by atoms with Crippen LogP contribution in [-0.2, 0) is 65.4 Å². The first kappa shape index (κ1) is 87.1. The van der Waals surface area contributed by atoms with Crippen LogP contribution >= 0.6 is 15.6 Å². The third-order valence-corrected chi connectivity index (χ3v) is 18.3. The molecule has 89 heavy (non-hydrogen) atoms. The Morgan fingerprint density at radius 1 is 0.270 bits per heavy atom. The summed E-state index contributed by atoms with van der Waals surface area (Å²) in [6.07, 6.45) is 53.0. The molecule has 0 heterocycles. The second-order valence-corrected chi connectivity index (χ2v) is 28.2. The predicted molar refractivity (Wildman–Crippen MR) is 359 cm³/mol. The van der Waals surface area contributed by atoms with Crippen LogP contribution in [-0.4, -0.2) is 96.7 Å². The first-order chi connectivity index (χ1) is 43.2. The number of aliphatic hydroxyl groups is 1. The lowest BCUT2D eigenvalue weighted by Crippen LogP contribution is -2.30. The van der Waals surface area contributed by atoms with Crippen LogP contribution < -0.4 is 0 Å². The van der Waals surface area contributed by atoms with Gasteiger partial charge in [0.05, 0.1) is 26.4 Å². The Morgan fingerprint density at radius 3 is 0.663 bits per heavy atom. The molecule has 0 bridgehead atoms. The van der Waals surface area contributed by atoms with E-state index in [2.05, 4.69) is 27.7 Å². The van der Waals surface area contributed by atoms with Crippen molar-refractivity contribution in [2.24, 2.45) is 0 Å². The molecule has 0 aliphatic heterocycles. The molecular weight excluding hydrogens is 1170 g/mol. The summed E-state index contributed by atoms with van der Waals surface area (Å²) in [7, 11) is -9.89. The molecule has 0 aromatic carbocycles. The number of rotatable bonds is 71. The SMILES string of the molecule is CCCCCCCCCCCCCCCCCCCCCCCC(=O)O[C@H](COC(=O)CCCCCCCCCCCCCC)COP(=O)(O)OC[C@@H](O)COP(=O)(O)OC[C@@H](COC(=O)CCCCCCCCCC)OC(=O)CCCCCCCCCC. The molecule has 0 aromatic rings. The highest BCUT2D eigenvalue weighted by molar-refractivity contribution is 7.47. The van der Waals surface area contributed by atoms with Crippen LogP contribution in [0.2, 0.25) is 0 Å². The average molecular weight is 1310 g/mol. The van der Waals surface area contributed by atoms with Gasteiger partial charge in [0.1, 0.15) is 19.3 Å². The zero-order chi connectivity index (χ0) is 65.4. The number of hydrogen-bond donors (Lipinski definition) is 3. The molecule has 0 amide bonds.